The minimum absolute atomic E-state index is 0.0177. The minimum atomic E-state index is -0.181. The molecule has 1 aliphatic heterocycles. The van der Waals surface area contributed by atoms with Crippen LogP contribution >= 0.6 is 0 Å². The van der Waals surface area contributed by atoms with Crippen LogP contribution in [0.1, 0.15) is 28.9 Å². The lowest BCUT2D eigenvalue weighted by atomic mass is 9.96. The van der Waals surface area contributed by atoms with E-state index in [1.165, 1.54) is 5.56 Å². The second-order valence-electron chi connectivity index (χ2n) is 7.53. The van der Waals surface area contributed by atoms with Crippen molar-refractivity contribution < 1.29 is 9.59 Å². The number of benzene rings is 1. The Bertz CT molecular complexity index is 987. The van der Waals surface area contributed by atoms with Crippen molar-refractivity contribution in [2.75, 3.05) is 19.6 Å². The number of amides is 2. The van der Waals surface area contributed by atoms with E-state index in [1.54, 1.807) is 23.4 Å². The van der Waals surface area contributed by atoms with Gasteiger partial charge in [0, 0.05) is 37.6 Å². The average Bonchev–Trinajstić information content (AvgIpc) is 3.30. The topological polar surface area (TPSA) is 91.0 Å². The van der Waals surface area contributed by atoms with Crippen LogP contribution in [0.25, 0.3) is 11.3 Å². The van der Waals surface area contributed by atoms with Gasteiger partial charge in [-0.3, -0.25) is 19.7 Å². The predicted molar refractivity (Wildman–Crippen MR) is 114 cm³/mol. The van der Waals surface area contributed by atoms with E-state index in [2.05, 4.69) is 32.6 Å². The van der Waals surface area contributed by atoms with E-state index in [0.29, 0.717) is 31.0 Å². The lowest BCUT2D eigenvalue weighted by molar-refractivity contribution is -0.126. The molecule has 1 saturated heterocycles. The van der Waals surface area contributed by atoms with Gasteiger partial charge in [-0.25, -0.2) is 0 Å². The van der Waals surface area contributed by atoms with Crippen LogP contribution in [0.15, 0.2) is 60.9 Å². The number of carbonyl (C=O) groups is 2. The van der Waals surface area contributed by atoms with Crippen molar-refractivity contribution in [2.45, 2.75) is 19.3 Å². The van der Waals surface area contributed by atoms with Crippen LogP contribution in [-0.4, -0.2) is 51.5 Å². The van der Waals surface area contributed by atoms with Crippen molar-refractivity contribution in [3.63, 3.8) is 0 Å². The number of hydrogen-bond donors (Lipinski definition) is 2. The molecule has 1 aliphatic rings. The van der Waals surface area contributed by atoms with E-state index in [1.807, 2.05) is 30.3 Å². The normalized spacial score (nSPS) is 16.3. The Labute approximate surface area is 175 Å². The van der Waals surface area contributed by atoms with Gasteiger partial charge in [-0.15, -0.1) is 0 Å². The molecule has 3 aromatic rings. The Kier molecular flexibility index (Phi) is 6.17. The molecule has 0 bridgehead atoms. The van der Waals surface area contributed by atoms with Crippen molar-refractivity contribution in [3.8, 4) is 11.3 Å². The number of pyridine rings is 1. The summed E-state index contributed by atoms with van der Waals surface area (Å²) in [4.78, 5) is 31.4. The van der Waals surface area contributed by atoms with Gasteiger partial charge in [0.05, 0.1) is 11.6 Å². The summed E-state index contributed by atoms with van der Waals surface area (Å²) in [5, 5.41) is 10.1. The van der Waals surface area contributed by atoms with Gasteiger partial charge in [-0.2, -0.15) is 5.10 Å². The summed E-state index contributed by atoms with van der Waals surface area (Å²) in [6, 6.07) is 15.5. The number of nitrogens with one attached hydrogen (secondary N) is 2. The van der Waals surface area contributed by atoms with Crippen LogP contribution in [0.5, 0.6) is 0 Å². The first-order valence-corrected chi connectivity index (χ1v) is 10.3. The fraction of sp³-hybridized carbons (Fsp3) is 0.304. The number of hydrogen-bond acceptors (Lipinski definition) is 4. The molecule has 154 valence electrons. The Hall–Kier alpha value is -3.48. The molecule has 3 heterocycles. The smallest absolute Gasteiger partial charge is 0.271 e. The largest absolute Gasteiger partial charge is 0.355 e. The second kappa shape index (κ2) is 9.35. The molecule has 0 saturated carbocycles. The Balaban J connectivity index is 1.32. The second-order valence-corrected chi connectivity index (χ2v) is 7.53. The fourth-order valence-electron chi connectivity index (χ4n) is 3.76. The first-order valence-electron chi connectivity index (χ1n) is 10.3. The highest BCUT2D eigenvalue weighted by atomic mass is 16.2. The standard InChI is InChI=1S/C23H25N5O2/c29-22(25-12-10-17-6-2-1-3-7-17)19-9-5-13-28(16-19)23(30)21-14-20(26-27-21)18-8-4-11-24-15-18/h1-4,6-8,11,14-15,19H,5,9-10,12-13,16H2,(H,25,29)(H,26,27)/t19-/m1/s1. The Morgan fingerprint density at radius 2 is 2.03 bits per heavy atom. The predicted octanol–water partition coefficient (Wildman–Crippen LogP) is 2.68. The molecule has 0 unspecified atom stereocenters. The van der Waals surface area contributed by atoms with Crippen molar-refractivity contribution in [1.82, 2.24) is 25.4 Å². The first-order chi connectivity index (χ1) is 14.7. The molecule has 7 heteroatoms. The lowest BCUT2D eigenvalue weighted by Crippen LogP contribution is -2.45. The molecular formula is C23H25N5O2. The highest BCUT2D eigenvalue weighted by Gasteiger charge is 2.29. The maximum absolute atomic E-state index is 12.9. The average molecular weight is 403 g/mol. The molecular weight excluding hydrogens is 378 g/mol. The number of H-pyrrole nitrogens is 1. The van der Waals surface area contributed by atoms with Crippen LogP contribution < -0.4 is 5.32 Å². The zero-order valence-electron chi connectivity index (χ0n) is 16.8. The summed E-state index contributed by atoms with van der Waals surface area (Å²) in [7, 11) is 0. The maximum atomic E-state index is 12.9. The maximum Gasteiger partial charge on any atom is 0.271 e. The molecule has 2 N–H and O–H groups in total. The molecule has 1 aromatic carbocycles. The molecule has 4 rings (SSSR count). The number of nitrogens with zero attached hydrogens (tertiary/aromatic N) is 3. The van der Waals surface area contributed by atoms with Gasteiger partial charge in [0.1, 0.15) is 5.69 Å². The van der Waals surface area contributed by atoms with E-state index in [4.69, 9.17) is 0 Å². The summed E-state index contributed by atoms with van der Waals surface area (Å²) < 4.78 is 0. The zero-order chi connectivity index (χ0) is 20.8. The van der Waals surface area contributed by atoms with Gasteiger partial charge in [0.2, 0.25) is 5.91 Å². The van der Waals surface area contributed by atoms with Crippen LogP contribution in [-0.2, 0) is 11.2 Å². The zero-order valence-corrected chi connectivity index (χ0v) is 16.8. The van der Waals surface area contributed by atoms with Crippen LogP contribution in [0.4, 0.5) is 0 Å². The van der Waals surface area contributed by atoms with E-state index in [0.717, 1.165) is 24.8 Å². The van der Waals surface area contributed by atoms with Crippen molar-refractivity contribution in [2.24, 2.45) is 5.92 Å². The molecule has 0 radical (unpaired) electrons. The minimum Gasteiger partial charge on any atom is -0.355 e. The Morgan fingerprint density at radius 1 is 1.17 bits per heavy atom. The fourth-order valence-corrected chi connectivity index (χ4v) is 3.76. The van der Waals surface area contributed by atoms with Gasteiger partial charge in [-0.1, -0.05) is 30.3 Å². The highest BCUT2D eigenvalue weighted by Crippen LogP contribution is 2.21. The molecule has 1 fully saturated rings. The van der Waals surface area contributed by atoms with Crippen LogP contribution in [0.2, 0.25) is 0 Å². The van der Waals surface area contributed by atoms with Gasteiger partial charge in [0.25, 0.3) is 5.91 Å². The third-order valence-electron chi connectivity index (χ3n) is 5.40. The van der Waals surface area contributed by atoms with Crippen LogP contribution in [0, 0.1) is 5.92 Å². The van der Waals surface area contributed by atoms with Crippen LogP contribution in [0.3, 0.4) is 0 Å². The third-order valence-corrected chi connectivity index (χ3v) is 5.40. The van der Waals surface area contributed by atoms with E-state index >= 15 is 0 Å². The SMILES string of the molecule is O=C(NCCc1ccccc1)[C@@H]1CCCN(C(=O)c2cc(-c3cccnc3)n[nH]2)C1. The number of aromatic amines is 1. The van der Waals surface area contributed by atoms with E-state index < -0.39 is 0 Å². The van der Waals surface area contributed by atoms with E-state index in [9.17, 15) is 9.59 Å². The molecule has 2 aromatic heterocycles. The molecule has 0 spiro atoms. The lowest BCUT2D eigenvalue weighted by Gasteiger charge is -2.31. The number of likely N-dealkylation sites (tertiary alicyclic amines) is 1. The van der Waals surface area contributed by atoms with Gasteiger partial charge < -0.3 is 10.2 Å². The molecule has 2 amide bonds. The van der Waals surface area contributed by atoms with Crippen molar-refractivity contribution in [1.29, 1.82) is 0 Å². The number of aromatic nitrogens is 3. The van der Waals surface area contributed by atoms with E-state index in [-0.39, 0.29) is 17.7 Å². The molecule has 7 nitrogen and oxygen atoms in total. The third kappa shape index (κ3) is 4.74. The first kappa shape index (κ1) is 19.8. The summed E-state index contributed by atoms with van der Waals surface area (Å²) in [6.45, 7) is 1.67. The molecule has 1 atom stereocenters. The molecule has 30 heavy (non-hydrogen) atoms. The van der Waals surface area contributed by atoms with Crippen molar-refractivity contribution in [3.05, 3.63) is 72.2 Å². The van der Waals surface area contributed by atoms with Crippen molar-refractivity contribution >= 4 is 11.8 Å². The monoisotopic (exact) mass is 403 g/mol. The number of rotatable bonds is 6. The summed E-state index contributed by atoms with van der Waals surface area (Å²) in [5.74, 6) is -0.289. The summed E-state index contributed by atoms with van der Waals surface area (Å²) in [6.07, 6.45) is 5.81. The summed E-state index contributed by atoms with van der Waals surface area (Å²) >= 11 is 0. The van der Waals surface area contributed by atoms with Gasteiger partial charge in [0.15, 0.2) is 0 Å². The number of carbonyl (C=O) groups excluding carboxylic acids is 2. The van der Waals surface area contributed by atoms with Gasteiger partial charge in [-0.05, 0) is 43.0 Å². The Morgan fingerprint density at radius 3 is 2.83 bits per heavy atom. The molecule has 0 aliphatic carbocycles. The number of piperidine rings is 1. The quantitative estimate of drug-likeness (QED) is 0.662. The highest BCUT2D eigenvalue weighted by molar-refractivity contribution is 5.94. The van der Waals surface area contributed by atoms with Gasteiger partial charge >= 0.3 is 0 Å². The summed E-state index contributed by atoms with van der Waals surface area (Å²) in [5.41, 5.74) is 3.15.